The van der Waals surface area contributed by atoms with Crippen LogP contribution >= 0.6 is 0 Å². The molecule has 0 aliphatic rings. The Bertz CT molecular complexity index is 290. The monoisotopic (exact) mass is 162 g/mol. The minimum absolute atomic E-state index is 0.841. The van der Waals surface area contributed by atoms with Crippen LogP contribution in [0.15, 0.2) is 30.8 Å². The van der Waals surface area contributed by atoms with Crippen LogP contribution in [0, 0.1) is 6.92 Å². The molecule has 2 N–H and O–H groups in total. The van der Waals surface area contributed by atoms with Crippen LogP contribution in [0.4, 0.5) is 0 Å². The molecule has 1 aromatic carbocycles. The molecule has 0 aromatic heterocycles. The molecule has 0 spiro atoms. The van der Waals surface area contributed by atoms with Crippen LogP contribution in [0.2, 0.25) is 0 Å². The molecule has 0 aliphatic carbocycles. The number of hydrazine groups is 1. The molecule has 2 heteroatoms. The Morgan fingerprint density at radius 1 is 1.42 bits per heavy atom. The van der Waals surface area contributed by atoms with Crippen molar-refractivity contribution < 1.29 is 0 Å². The maximum atomic E-state index is 5.57. The van der Waals surface area contributed by atoms with Crippen LogP contribution in [0.5, 0.6) is 0 Å². The van der Waals surface area contributed by atoms with E-state index < -0.39 is 0 Å². The third-order valence-corrected chi connectivity index (χ3v) is 1.88. The van der Waals surface area contributed by atoms with Gasteiger partial charge in [-0.15, -0.1) is 0 Å². The molecule has 0 saturated carbocycles. The zero-order valence-corrected chi connectivity index (χ0v) is 7.54. The Morgan fingerprint density at radius 3 is 2.50 bits per heavy atom. The van der Waals surface area contributed by atoms with Crippen LogP contribution in [0.1, 0.15) is 11.1 Å². The predicted molar refractivity (Wildman–Crippen MR) is 52.2 cm³/mol. The van der Waals surface area contributed by atoms with E-state index in [1.807, 2.05) is 31.2 Å². The molecule has 0 unspecified atom stereocenters. The van der Waals surface area contributed by atoms with Gasteiger partial charge in [0.25, 0.3) is 0 Å². The molecule has 1 rings (SSSR count). The van der Waals surface area contributed by atoms with Crippen LogP contribution < -0.4 is 5.84 Å². The van der Waals surface area contributed by atoms with Gasteiger partial charge in [0.1, 0.15) is 0 Å². The smallest absolute Gasteiger partial charge is 0.0517 e. The number of benzene rings is 1. The minimum atomic E-state index is 0.841. The van der Waals surface area contributed by atoms with Gasteiger partial charge < -0.3 is 5.01 Å². The molecular weight excluding hydrogens is 148 g/mol. The molecular formula is C10H14N2. The zero-order chi connectivity index (χ0) is 9.14. The van der Waals surface area contributed by atoms with Gasteiger partial charge in [-0.25, -0.2) is 5.84 Å². The van der Waals surface area contributed by atoms with E-state index in [1.54, 1.807) is 7.05 Å². The maximum absolute atomic E-state index is 5.57. The van der Waals surface area contributed by atoms with Gasteiger partial charge in [0, 0.05) is 12.6 Å². The van der Waals surface area contributed by atoms with Crippen LogP contribution in [0.25, 0.3) is 5.70 Å². The fourth-order valence-electron chi connectivity index (χ4n) is 1.09. The third-order valence-electron chi connectivity index (χ3n) is 1.88. The predicted octanol–water partition coefficient (Wildman–Crippen LogP) is 1.77. The topological polar surface area (TPSA) is 29.3 Å². The highest BCUT2D eigenvalue weighted by Crippen LogP contribution is 2.16. The normalized spacial score (nSPS) is 9.58. The average Bonchev–Trinajstić information content (AvgIpc) is 2.04. The standard InChI is InChI=1S/C10H14N2/c1-8-6-4-5-7-10(8)9(2)12(3)11/h4-7H,2,11H2,1,3H3. The Morgan fingerprint density at radius 2 is 2.00 bits per heavy atom. The van der Waals surface area contributed by atoms with E-state index >= 15 is 0 Å². The van der Waals surface area contributed by atoms with Crippen molar-refractivity contribution in [3.05, 3.63) is 42.0 Å². The summed E-state index contributed by atoms with van der Waals surface area (Å²) in [5.41, 5.74) is 3.13. The summed E-state index contributed by atoms with van der Waals surface area (Å²) >= 11 is 0. The van der Waals surface area contributed by atoms with Gasteiger partial charge in [0.2, 0.25) is 0 Å². The summed E-state index contributed by atoms with van der Waals surface area (Å²) in [4.78, 5) is 0. The van der Waals surface area contributed by atoms with Crippen LogP contribution in [-0.4, -0.2) is 12.1 Å². The maximum Gasteiger partial charge on any atom is 0.0517 e. The number of aryl methyl sites for hydroxylation is 1. The van der Waals surface area contributed by atoms with Crippen molar-refractivity contribution in [2.75, 3.05) is 7.05 Å². The molecule has 12 heavy (non-hydrogen) atoms. The summed E-state index contributed by atoms with van der Waals surface area (Å²) in [7, 11) is 1.79. The number of hydrogen-bond donors (Lipinski definition) is 1. The lowest BCUT2D eigenvalue weighted by molar-refractivity contribution is 0.512. The number of hydrogen-bond acceptors (Lipinski definition) is 2. The van der Waals surface area contributed by atoms with Gasteiger partial charge in [-0.2, -0.15) is 0 Å². The molecule has 0 fully saturated rings. The Balaban J connectivity index is 3.03. The molecule has 1 aromatic rings. The lowest BCUT2D eigenvalue weighted by atomic mass is 10.1. The molecule has 0 aliphatic heterocycles. The largest absolute Gasteiger partial charge is 0.314 e. The van der Waals surface area contributed by atoms with E-state index in [9.17, 15) is 0 Å². The first kappa shape index (κ1) is 8.81. The van der Waals surface area contributed by atoms with Gasteiger partial charge in [-0.1, -0.05) is 30.8 Å². The van der Waals surface area contributed by atoms with Crippen molar-refractivity contribution in [1.29, 1.82) is 0 Å². The Labute approximate surface area is 73.3 Å². The summed E-state index contributed by atoms with van der Waals surface area (Å²) in [6, 6.07) is 8.05. The van der Waals surface area contributed by atoms with Crippen molar-refractivity contribution in [3.8, 4) is 0 Å². The summed E-state index contributed by atoms with van der Waals surface area (Å²) in [5.74, 6) is 5.57. The molecule has 0 heterocycles. The van der Waals surface area contributed by atoms with E-state index in [2.05, 4.69) is 6.58 Å². The molecule has 0 bridgehead atoms. The summed E-state index contributed by atoms with van der Waals surface area (Å²) in [6.07, 6.45) is 0. The Hall–Kier alpha value is -1.28. The average molecular weight is 162 g/mol. The lowest BCUT2D eigenvalue weighted by Gasteiger charge is -2.16. The highest BCUT2D eigenvalue weighted by Gasteiger charge is 2.02. The van der Waals surface area contributed by atoms with E-state index in [0.29, 0.717) is 0 Å². The summed E-state index contributed by atoms with van der Waals surface area (Å²) in [6.45, 7) is 5.93. The second-order valence-corrected chi connectivity index (χ2v) is 2.87. The molecule has 0 atom stereocenters. The van der Waals surface area contributed by atoms with Gasteiger partial charge in [-0.05, 0) is 12.5 Å². The summed E-state index contributed by atoms with van der Waals surface area (Å²) in [5, 5.41) is 1.53. The third kappa shape index (κ3) is 1.66. The van der Waals surface area contributed by atoms with Crippen molar-refractivity contribution in [2.24, 2.45) is 5.84 Å². The van der Waals surface area contributed by atoms with Crippen molar-refractivity contribution >= 4 is 5.70 Å². The first-order chi connectivity index (χ1) is 5.63. The molecule has 2 nitrogen and oxygen atoms in total. The van der Waals surface area contributed by atoms with Gasteiger partial charge >= 0.3 is 0 Å². The quantitative estimate of drug-likeness (QED) is 0.530. The lowest BCUT2D eigenvalue weighted by Crippen LogP contribution is -2.23. The Kier molecular flexibility index (Phi) is 2.51. The van der Waals surface area contributed by atoms with Crippen molar-refractivity contribution in [1.82, 2.24) is 5.01 Å². The van der Waals surface area contributed by atoms with Crippen molar-refractivity contribution in [2.45, 2.75) is 6.92 Å². The first-order valence-electron chi connectivity index (χ1n) is 3.86. The van der Waals surface area contributed by atoms with Crippen molar-refractivity contribution in [3.63, 3.8) is 0 Å². The van der Waals surface area contributed by atoms with Gasteiger partial charge in [0.15, 0.2) is 0 Å². The van der Waals surface area contributed by atoms with E-state index in [0.717, 1.165) is 11.3 Å². The second kappa shape index (κ2) is 3.41. The highest BCUT2D eigenvalue weighted by atomic mass is 15.4. The molecule has 0 saturated heterocycles. The first-order valence-corrected chi connectivity index (χ1v) is 3.86. The zero-order valence-electron chi connectivity index (χ0n) is 7.54. The number of rotatable bonds is 2. The molecule has 0 radical (unpaired) electrons. The van der Waals surface area contributed by atoms with E-state index in [4.69, 9.17) is 5.84 Å². The fourth-order valence-corrected chi connectivity index (χ4v) is 1.09. The highest BCUT2D eigenvalue weighted by molar-refractivity contribution is 5.63. The molecule has 0 amide bonds. The number of nitrogens with two attached hydrogens (primary N) is 1. The summed E-state index contributed by atoms with van der Waals surface area (Å²) < 4.78 is 0. The van der Waals surface area contributed by atoms with Crippen LogP contribution in [-0.2, 0) is 0 Å². The van der Waals surface area contributed by atoms with Crippen LogP contribution in [0.3, 0.4) is 0 Å². The number of nitrogens with zero attached hydrogens (tertiary/aromatic N) is 1. The van der Waals surface area contributed by atoms with Gasteiger partial charge in [0.05, 0.1) is 5.70 Å². The minimum Gasteiger partial charge on any atom is -0.314 e. The van der Waals surface area contributed by atoms with E-state index in [-0.39, 0.29) is 0 Å². The van der Waals surface area contributed by atoms with E-state index in [1.165, 1.54) is 10.6 Å². The molecule has 64 valence electrons. The van der Waals surface area contributed by atoms with Gasteiger partial charge in [-0.3, -0.25) is 0 Å². The fraction of sp³-hybridized carbons (Fsp3) is 0.200. The SMILES string of the molecule is C=C(c1ccccc1C)N(C)N. The second-order valence-electron chi connectivity index (χ2n) is 2.87.